The summed E-state index contributed by atoms with van der Waals surface area (Å²) in [5.41, 5.74) is 5.18. The molecule has 4 saturated heterocycles. The second-order valence-corrected chi connectivity index (χ2v) is 8.93. The van der Waals surface area contributed by atoms with Gasteiger partial charge in [0.05, 0.1) is 36.1 Å². The number of anilines is 3. The van der Waals surface area contributed by atoms with Crippen LogP contribution in [0.25, 0.3) is 11.3 Å². The Hall–Kier alpha value is -2.66. The van der Waals surface area contributed by atoms with E-state index in [4.69, 9.17) is 20.2 Å². The molecule has 4 fully saturated rings. The summed E-state index contributed by atoms with van der Waals surface area (Å²) in [5.74, 6) is 1.08. The number of nitrogens with zero attached hydrogens (tertiary/aromatic N) is 5. The van der Waals surface area contributed by atoms with Crippen molar-refractivity contribution in [3.05, 3.63) is 23.9 Å². The number of pyridine rings is 1. The predicted octanol–water partition coefficient (Wildman–Crippen LogP) is 2.34. The maximum absolute atomic E-state index is 13.4. The fourth-order valence-electron chi connectivity index (χ4n) is 5.22. The minimum Gasteiger partial charge on any atom is -0.383 e. The molecule has 170 valence electrons. The maximum Gasteiger partial charge on any atom is 0.419 e. The highest BCUT2D eigenvalue weighted by Gasteiger charge is 2.42. The minimum absolute atomic E-state index is 0.150. The van der Waals surface area contributed by atoms with Crippen LogP contribution in [0.5, 0.6) is 0 Å². The minimum atomic E-state index is -4.60. The number of hydrogen-bond donors (Lipinski definition) is 1. The van der Waals surface area contributed by atoms with Crippen LogP contribution in [0.4, 0.5) is 30.8 Å². The third-order valence-corrected chi connectivity index (χ3v) is 6.90. The highest BCUT2D eigenvalue weighted by Crippen LogP contribution is 2.38. The molecule has 2 bridgehead atoms. The van der Waals surface area contributed by atoms with Gasteiger partial charge in [-0.05, 0) is 18.9 Å². The normalized spacial score (nSPS) is 29.2. The van der Waals surface area contributed by atoms with Crippen molar-refractivity contribution in [3.63, 3.8) is 0 Å². The van der Waals surface area contributed by atoms with Gasteiger partial charge in [0.2, 0.25) is 5.95 Å². The highest BCUT2D eigenvalue weighted by molar-refractivity contribution is 5.67. The van der Waals surface area contributed by atoms with Crippen LogP contribution >= 0.6 is 0 Å². The number of morpholine rings is 1. The Kier molecular flexibility index (Phi) is 4.48. The lowest BCUT2D eigenvalue weighted by atomic mass is 10.1. The van der Waals surface area contributed by atoms with Crippen LogP contribution < -0.4 is 15.5 Å². The molecule has 6 rings (SSSR count). The van der Waals surface area contributed by atoms with Crippen LogP contribution in [-0.2, 0) is 15.7 Å². The largest absolute Gasteiger partial charge is 0.419 e. The topological polar surface area (TPSA) is 89.6 Å². The third kappa shape index (κ3) is 3.34. The maximum atomic E-state index is 13.4. The first-order valence-electron chi connectivity index (χ1n) is 10.8. The first kappa shape index (κ1) is 20.0. The number of halogens is 3. The summed E-state index contributed by atoms with van der Waals surface area (Å²) in [7, 11) is 0. The van der Waals surface area contributed by atoms with E-state index in [1.807, 2.05) is 0 Å². The molecule has 4 aliphatic heterocycles. The van der Waals surface area contributed by atoms with Gasteiger partial charge < -0.3 is 25.0 Å². The van der Waals surface area contributed by atoms with Crippen molar-refractivity contribution in [1.29, 1.82) is 0 Å². The van der Waals surface area contributed by atoms with Gasteiger partial charge in [-0.1, -0.05) is 0 Å². The Morgan fingerprint density at radius 1 is 1.09 bits per heavy atom. The molecular weight excluding hydrogens is 425 g/mol. The van der Waals surface area contributed by atoms with Gasteiger partial charge in [-0.3, -0.25) is 0 Å². The first-order chi connectivity index (χ1) is 15.3. The number of aromatic nitrogens is 3. The van der Waals surface area contributed by atoms with E-state index in [2.05, 4.69) is 19.8 Å². The number of fused-ring (bicyclic) bond motifs is 3. The molecule has 8 nitrogen and oxygen atoms in total. The number of ether oxygens (including phenoxy) is 2. The number of hydrogen-bond acceptors (Lipinski definition) is 8. The van der Waals surface area contributed by atoms with Crippen molar-refractivity contribution < 1.29 is 22.6 Å². The molecule has 0 aromatic carbocycles. The van der Waals surface area contributed by atoms with E-state index in [9.17, 15) is 13.2 Å². The van der Waals surface area contributed by atoms with Crippen LogP contribution in [0, 0.1) is 5.92 Å². The molecule has 32 heavy (non-hydrogen) atoms. The molecule has 4 atom stereocenters. The van der Waals surface area contributed by atoms with E-state index in [-0.39, 0.29) is 23.8 Å². The van der Waals surface area contributed by atoms with Crippen molar-refractivity contribution in [2.24, 2.45) is 5.92 Å². The molecule has 2 N–H and O–H groups in total. The summed E-state index contributed by atoms with van der Waals surface area (Å²) in [4.78, 5) is 17.5. The van der Waals surface area contributed by atoms with E-state index in [0.29, 0.717) is 43.1 Å². The van der Waals surface area contributed by atoms with E-state index >= 15 is 0 Å². The van der Waals surface area contributed by atoms with Gasteiger partial charge in [-0.15, -0.1) is 0 Å². The summed E-state index contributed by atoms with van der Waals surface area (Å²) >= 11 is 0. The van der Waals surface area contributed by atoms with Gasteiger partial charge in [0.1, 0.15) is 11.6 Å². The standard InChI is InChI=1S/C21H23F3N6O2/c22-21(23,24)15-3-12(6-26-19(15)25)16-5-18(30-8-14-4-13(30)10-32-14)28-20(27-16)29-7-11-1-2-31-17(11)9-29/h3,5-6,11,13-14,17H,1-2,4,7-10H2,(H2,25,26)/t11-,13-,14-,17+/m0/s1. The lowest BCUT2D eigenvalue weighted by Crippen LogP contribution is -2.38. The van der Waals surface area contributed by atoms with Gasteiger partial charge in [0, 0.05) is 50.0 Å². The molecule has 0 unspecified atom stereocenters. The lowest BCUT2D eigenvalue weighted by molar-refractivity contribution is -0.137. The van der Waals surface area contributed by atoms with Crippen molar-refractivity contribution in [2.75, 3.05) is 48.4 Å². The zero-order valence-electron chi connectivity index (χ0n) is 17.3. The van der Waals surface area contributed by atoms with E-state index in [1.54, 1.807) is 6.07 Å². The SMILES string of the molecule is Nc1ncc(-c2cc(N3C[C@@H]4C[C@H]3CO4)nc(N3C[C@@H]4CCO[C@@H]4C3)n2)cc1C(F)(F)F. The Balaban J connectivity index is 1.41. The second kappa shape index (κ2) is 7.17. The third-order valence-electron chi connectivity index (χ3n) is 6.90. The first-order valence-corrected chi connectivity index (χ1v) is 10.8. The Morgan fingerprint density at radius 2 is 1.97 bits per heavy atom. The summed E-state index contributed by atoms with van der Waals surface area (Å²) in [5, 5.41) is 0. The summed E-state index contributed by atoms with van der Waals surface area (Å²) in [6.07, 6.45) is -1.02. The van der Waals surface area contributed by atoms with Crippen molar-refractivity contribution in [2.45, 2.75) is 37.3 Å². The summed E-state index contributed by atoms with van der Waals surface area (Å²) in [6, 6.07) is 2.97. The molecule has 2 aromatic rings. The molecule has 0 saturated carbocycles. The lowest BCUT2D eigenvalue weighted by Gasteiger charge is -2.29. The highest BCUT2D eigenvalue weighted by atomic mass is 19.4. The van der Waals surface area contributed by atoms with Crippen LogP contribution in [-0.4, -0.2) is 66.0 Å². The van der Waals surface area contributed by atoms with Crippen LogP contribution in [0.15, 0.2) is 18.3 Å². The number of rotatable bonds is 3. The molecule has 0 radical (unpaired) electrons. The molecular formula is C21H23F3N6O2. The van der Waals surface area contributed by atoms with Crippen molar-refractivity contribution in [1.82, 2.24) is 15.0 Å². The van der Waals surface area contributed by atoms with Gasteiger partial charge in [-0.25, -0.2) is 9.97 Å². The van der Waals surface area contributed by atoms with Crippen molar-refractivity contribution >= 4 is 17.6 Å². The molecule has 0 amide bonds. The zero-order valence-corrected chi connectivity index (χ0v) is 17.3. The fourth-order valence-corrected chi connectivity index (χ4v) is 5.22. The van der Waals surface area contributed by atoms with Crippen LogP contribution in [0.3, 0.4) is 0 Å². The van der Waals surface area contributed by atoms with Crippen molar-refractivity contribution in [3.8, 4) is 11.3 Å². The quantitative estimate of drug-likeness (QED) is 0.766. The van der Waals surface area contributed by atoms with Gasteiger partial charge >= 0.3 is 6.18 Å². The Bertz CT molecular complexity index is 1040. The molecule has 2 aromatic heterocycles. The van der Waals surface area contributed by atoms with E-state index < -0.39 is 17.6 Å². The van der Waals surface area contributed by atoms with Crippen LogP contribution in [0.1, 0.15) is 18.4 Å². The van der Waals surface area contributed by atoms with Gasteiger partial charge in [0.15, 0.2) is 0 Å². The molecule has 6 heterocycles. The number of nitrogens with two attached hydrogens (primary N) is 1. The molecule has 0 spiro atoms. The average molecular weight is 448 g/mol. The van der Waals surface area contributed by atoms with Gasteiger partial charge in [0.25, 0.3) is 0 Å². The fraction of sp³-hybridized carbons (Fsp3) is 0.571. The summed E-state index contributed by atoms with van der Waals surface area (Å²) < 4.78 is 51.8. The molecule has 11 heteroatoms. The Morgan fingerprint density at radius 3 is 2.69 bits per heavy atom. The molecule has 4 aliphatic rings. The van der Waals surface area contributed by atoms with E-state index in [1.165, 1.54) is 6.20 Å². The van der Waals surface area contributed by atoms with Gasteiger partial charge in [-0.2, -0.15) is 18.2 Å². The smallest absolute Gasteiger partial charge is 0.383 e. The Labute approximate surface area is 182 Å². The second-order valence-electron chi connectivity index (χ2n) is 8.93. The average Bonchev–Trinajstić information content (AvgIpc) is 3.53. The van der Waals surface area contributed by atoms with E-state index in [0.717, 1.165) is 32.1 Å². The van der Waals surface area contributed by atoms with Crippen LogP contribution in [0.2, 0.25) is 0 Å². The number of nitrogen functional groups attached to an aromatic ring is 1. The summed E-state index contributed by atoms with van der Waals surface area (Å²) in [6.45, 7) is 3.56. The zero-order chi connectivity index (χ0) is 22.0. The predicted molar refractivity (Wildman–Crippen MR) is 110 cm³/mol. The molecule has 0 aliphatic carbocycles. The number of alkyl halides is 3. The monoisotopic (exact) mass is 448 g/mol.